The molecular formula is C7H13O4S-. The van der Waals surface area contributed by atoms with Crippen molar-refractivity contribution in [2.24, 2.45) is 0 Å². The Hall–Kier alpha value is -0.420. The van der Waals surface area contributed by atoms with Crippen molar-refractivity contribution in [2.45, 2.75) is 32.8 Å². The molecule has 0 aromatic carbocycles. The summed E-state index contributed by atoms with van der Waals surface area (Å²) in [6, 6.07) is 0. The molecule has 0 N–H and O–H groups in total. The van der Waals surface area contributed by atoms with Crippen LogP contribution < -0.4 is 0 Å². The lowest BCUT2D eigenvalue weighted by molar-refractivity contribution is -0.154. The zero-order valence-electron chi connectivity index (χ0n) is 7.46. The topological polar surface area (TPSA) is 66.4 Å². The molecule has 0 aliphatic carbocycles. The molecule has 0 saturated carbocycles. The Morgan fingerprint density at radius 2 is 2.00 bits per heavy atom. The predicted molar refractivity (Wildman–Crippen MR) is 44.2 cm³/mol. The van der Waals surface area contributed by atoms with Gasteiger partial charge in [-0.3, -0.25) is 9.00 Å². The Bertz CT molecular complexity index is 182. The Labute approximate surface area is 74.6 Å². The summed E-state index contributed by atoms with van der Waals surface area (Å²) in [7, 11) is 0. The zero-order chi connectivity index (χ0) is 9.78. The molecule has 0 rings (SSSR count). The van der Waals surface area contributed by atoms with E-state index in [-0.39, 0.29) is 12.2 Å². The first-order chi connectivity index (χ1) is 5.31. The van der Waals surface area contributed by atoms with Gasteiger partial charge in [0.15, 0.2) is 0 Å². The Morgan fingerprint density at radius 1 is 1.50 bits per heavy atom. The van der Waals surface area contributed by atoms with Gasteiger partial charge in [-0.25, -0.2) is 0 Å². The smallest absolute Gasteiger partial charge is 0.307 e. The van der Waals surface area contributed by atoms with Gasteiger partial charge < -0.3 is 9.29 Å². The molecule has 1 atom stereocenters. The quantitative estimate of drug-likeness (QED) is 0.486. The van der Waals surface area contributed by atoms with Gasteiger partial charge in [-0.05, 0) is 20.8 Å². The molecule has 0 amide bonds. The van der Waals surface area contributed by atoms with Crippen LogP contribution in [-0.4, -0.2) is 26.1 Å². The summed E-state index contributed by atoms with van der Waals surface area (Å²) in [4.78, 5) is 10.9. The molecule has 4 nitrogen and oxygen atoms in total. The van der Waals surface area contributed by atoms with E-state index in [9.17, 15) is 13.6 Å². The molecule has 12 heavy (non-hydrogen) atoms. The maximum atomic E-state index is 10.9. The number of ether oxygens (including phenoxy) is 1. The minimum Gasteiger partial charge on any atom is -0.772 e. The minimum atomic E-state index is -2.17. The van der Waals surface area contributed by atoms with Crippen LogP contribution >= 0.6 is 0 Å². The van der Waals surface area contributed by atoms with Crippen LogP contribution in [-0.2, 0) is 20.6 Å². The van der Waals surface area contributed by atoms with E-state index in [2.05, 4.69) is 0 Å². The average molecular weight is 193 g/mol. The largest absolute Gasteiger partial charge is 0.772 e. The molecule has 0 fully saturated rings. The van der Waals surface area contributed by atoms with E-state index in [1.54, 1.807) is 20.8 Å². The predicted octanol–water partition coefficient (Wildman–Crippen LogP) is 0.597. The second-order valence-corrected chi connectivity index (χ2v) is 4.36. The Morgan fingerprint density at radius 3 is 2.33 bits per heavy atom. The van der Waals surface area contributed by atoms with Gasteiger partial charge in [-0.15, -0.1) is 0 Å². The van der Waals surface area contributed by atoms with Crippen molar-refractivity contribution in [1.29, 1.82) is 0 Å². The summed E-state index contributed by atoms with van der Waals surface area (Å²) in [5.41, 5.74) is -0.540. The number of esters is 1. The van der Waals surface area contributed by atoms with E-state index in [0.29, 0.717) is 0 Å². The number of hydrogen-bond donors (Lipinski definition) is 0. The van der Waals surface area contributed by atoms with Crippen LogP contribution in [0.5, 0.6) is 0 Å². The van der Waals surface area contributed by atoms with Gasteiger partial charge in [0.05, 0.1) is 6.42 Å². The summed E-state index contributed by atoms with van der Waals surface area (Å²) in [6.07, 6.45) is -0.0760. The second-order valence-electron chi connectivity index (χ2n) is 3.34. The van der Waals surface area contributed by atoms with Gasteiger partial charge in [0.25, 0.3) is 0 Å². The maximum Gasteiger partial charge on any atom is 0.307 e. The molecule has 0 aliphatic heterocycles. The van der Waals surface area contributed by atoms with Crippen molar-refractivity contribution in [1.82, 2.24) is 0 Å². The van der Waals surface area contributed by atoms with Gasteiger partial charge in [0, 0.05) is 5.75 Å². The van der Waals surface area contributed by atoms with Crippen LogP contribution in [0.3, 0.4) is 0 Å². The van der Waals surface area contributed by atoms with Crippen LogP contribution in [0.1, 0.15) is 27.2 Å². The van der Waals surface area contributed by atoms with Gasteiger partial charge in [0.1, 0.15) is 5.60 Å². The van der Waals surface area contributed by atoms with Crippen molar-refractivity contribution < 1.29 is 18.3 Å². The Balaban J connectivity index is 3.68. The summed E-state index contributed by atoms with van der Waals surface area (Å²) in [6.45, 7) is 5.21. The summed E-state index contributed by atoms with van der Waals surface area (Å²) >= 11 is -2.17. The molecular weight excluding hydrogens is 180 g/mol. The lowest BCUT2D eigenvalue weighted by Crippen LogP contribution is -2.24. The number of carbonyl (C=O) groups excluding carboxylic acids is 1. The standard InChI is InChI=1S/C7H14O4S/c1-7(2,3)11-6(8)4-5-12(9)10/h4-5H2,1-3H3,(H,9,10)/p-1. The molecule has 72 valence electrons. The molecule has 0 radical (unpaired) electrons. The molecule has 0 saturated heterocycles. The van der Waals surface area contributed by atoms with Gasteiger partial charge in [-0.1, -0.05) is 11.1 Å². The molecule has 0 heterocycles. The first-order valence-corrected chi connectivity index (χ1v) is 4.83. The van der Waals surface area contributed by atoms with Crippen molar-refractivity contribution in [3.63, 3.8) is 0 Å². The van der Waals surface area contributed by atoms with Gasteiger partial charge >= 0.3 is 5.97 Å². The second kappa shape index (κ2) is 4.57. The van der Waals surface area contributed by atoms with E-state index in [1.807, 2.05) is 0 Å². The van der Waals surface area contributed by atoms with Crippen molar-refractivity contribution >= 4 is 17.0 Å². The average Bonchev–Trinajstić information content (AvgIpc) is 1.79. The van der Waals surface area contributed by atoms with Crippen LogP contribution in [0.25, 0.3) is 0 Å². The Kier molecular flexibility index (Phi) is 4.41. The fourth-order valence-electron chi connectivity index (χ4n) is 0.559. The lowest BCUT2D eigenvalue weighted by Gasteiger charge is -2.19. The van der Waals surface area contributed by atoms with E-state index < -0.39 is 22.7 Å². The van der Waals surface area contributed by atoms with Gasteiger partial charge in [0.2, 0.25) is 0 Å². The number of hydrogen-bond acceptors (Lipinski definition) is 4. The monoisotopic (exact) mass is 193 g/mol. The number of carbonyl (C=O) groups is 1. The molecule has 1 unspecified atom stereocenters. The first-order valence-electron chi connectivity index (χ1n) is 3.59. The van der Waals surface area contributed by atoms with Crippen molar-refractivity contribution in [3.8, 4) is 0 Å². The molecule has 0 aromatic rings. The fourth-order valence-corrected chi connectivity index (χ4v) is 0.893. The molecule has 0 bridgehead atoms. The van der Waals surface area contributed by atoms with E-state index >= 15 is 0 Å². The fraction of sp³-hybridized carbons (Fsp3) is 0.857. The SMILES string of the molecule is CC(C)(C)OC(=O)CCS(=O)[O-]. The van der Waals surface area contributed by atoms with E-state index in [1.165, 1.54) is 0 Å². The van der Waals surface area contributed by atoms with Crippen LogP contribution in [0.2, 0.25) is 0 Å². The maximum absolute atomic E-state index is 10.9. The third kappa shape index (κ3) is 7.68. The normalized spacial score (nSPS) is 14.0. The molecule has 0 spiro atoms. The van der Waals surface area contributed by atoms with Crippen LogP contribution in [0.15, 0.2) is 0 Å². The van der Waals surface area contributed by atoms with E-state index in [4.69, 9.17) is 4.74 Å². The highest BCUT2D eigenvalue weighted by molar-refractivity contribution is 7.79. The van der Waals surface area contributed by atoms with Gasteiger partial charge in [-0.2, -0.15) is 0 Å². The van der Waals surface area contributed by atoms with Crippen LogP contribution in [0, 0.1) is 0 Å². The highest BCUT2D eigenvalue weighted by Gasteiger charge is 2.15. The summed E-state index contributed by atoms with van der Waals surface area (Å²) < 4.78 is 25.0. The molecule has 5 heteroatoms. The third-order valence-corrected chi connectivity index (χ3v) is 1.43. The third-order valence-electron chi connectivity index (χ3n) is 0.893. The first kappa shape index (κ1) is 11.6. The minimum absolute atomic E-state index is 0.0760. The summed E-state index contributed by atoms with van der Waals surface area (Å²) in [5, 5.41) is 0. The van der Waals surface area contributed by atoms with E-state index in [0.717, 1.165) is 0 Å². The highest BCUT2D eigenvalue weighted by atomic mass is 32.2. The number of rotatable bonds is 3. The summed E-state index contributed by atoms with van der Waals surface area (Å²) in [5.74, 6) is -0.652. The lowest BCUT2D eigenvalue weighted by atomic mass is 10.2. The highest BCUT2D eigenvalue weighted by Crippen LogP contribution is 2.07. The molecule has 0 aliphatic rings. The zero-order valence-corrected chi connectivity index (χ0v) is 8.27. The molecule has 0 aromatic heterocycles. The van der Waals surface area contributed by atoms with Crippen molar-refractivity contribution in [2.75, 3.05) is 5.75 Å². The van der Waals surface area contributed by atoms with Crippen LogP contribution in [0.4, 0.5) is 0 Å². The van der Waals surface area contributed by atoms with Crippen molar-refractivity contribution in [3.05, 3.63) is 0 Å².